The summed E-state index contributed by atoms with van der Waals surface area (Å²) >= 11 is 1.40. The van der Waals surface area contributed by atoms with Crippen molar-refractivity contribution < 1.29 is 5.11 Å². The van der Waals surface area contributed by atoms with E-state index in [9.17, 15) is 5.11 Å². The molecule has 17 heavy (non-hydrogen) atoms. The lowest BCUT2D eigenvalue weighted by molar-refractivity contribution is -0.0635. The molecule has 3 atom stereocenters. The van der Waals surface area contributed by atoms with Gasteiger partial charge in [-0.15, -0.1) is 0 Å². The van der Waals surface area contributed by atoms with E-state index in [1.54, 1.807) is 0 Å². The molecule has 3 rings (SSSR count). The lowest BCUT2D eigenvalue weighted by atomic mass is 9.79. The van der Waals surface area contributed by atoms with E-state index >= 15 is 0 Å². The van der Waals surface area contributed by atoms with E-state index in [0.29, 0.717) is 12.1 Å². The van der Waals surface area contributed by atoms with Crippen LogP contribution in [0.15, 0.2) is 11.4 Å². The molecule has 0 saturated carbocycles. The van der Waals surface area contributed by atoms with E-state index in [2.05, 4.69) is 16.3 Å². The van der Waals surface area contributed by atoms with Crippen molar-refractivity contribution in [1.29, 1.82) is 0 Å². The SMILES string of the molecule is CN1C2CCC1CC(O)(C(N)c1ccsn1)C2. The van der Waals surface area contributed by atoms with Gasteiger partial charge in [-0.25, -0.2) is 0 Å². The average Bonchev–Trinajstić information content (AvgIpc) is 2.88. The Morgan fingerprint density at radius 3 is 2.71 bits per heavy atom. The molecular weight excluding hydrogens is 234 g/mol. The number of nitrogens with zero attached hydrogens (tertiary/aromatic N) is 2. The Kier molecular flexibility index (Phi) is 2.74. The second-order valence-electron chi connectivity index (χ2n) is 5.46. The molecule has 3 heterocycles. The van der Waals surface area contributed by atoms with Crippen LogP contribution in [0.1, 0.15) is 37.4 Å². The van der Waals surface area contributed by atoms with E-state index in [1.807, 2.05) is 11.4 Å². The number of piperidine rings is 1. The van der Waals surface area contributed by atoms with Crippen LogP contribution in [-0.2, 0) is 0 Å². The van der Waals surface area contributed by atoms with Crippen molar-refractivity contribution in [2.45, 2.75) is 49.4 Å². The quantitative estimate of drug-likeness (QED) is 0.829. The van der Waals surface area contributed by atoms with E-state index < -0.39 is 5.60 Å². The fourth-order valence-electron chi connectivity index (χ4n) is 3.39. The van der Waals surface area contributed by atoms with Gasteiger partial charge in [0.2, 0.25) is 0 Å². The summed E-state index contributed by atoms with van der Waals surface area (Å²) in [5.74, 6) is 0. The van der Waals surface area contributed by atoms with Crippen molar-refractivity contribution in [3.05, 3.63) is 17.1 Å². The average molecular weight is 253 g/mol. The molecule has 0 amide bonds. The Balaban J connectivity index is 1.83. The zero-order valence-electron chi connectivity index (χ0n) is 10.0. The molecule has 94 valence electrons. The molecule has 5 heteroatoms. The monoisotopic (exact) mass is 253 g/mol. The zero-order chi connectivity index (χ0) is 12.0. The smallest absolute Gasteiger partial charge is 0.0885 e. The molecule has 2 bridgehead atoms. The van der Waals surface area contributed by atoms with E-state index in [1.165, 1.54) is 24.4 Å². The van der Waals surface area contributed by atoms with Gasteiger partial charge in [0.25, 0.3) is 0 Å². The van der Waals surface area contributed by atoms with Crippen molar-refractivity contribution in [2.75, 3.05) is 7.05 Å². The molecule has 1 aromatic heterocycles. The van der Waals surface area contributed by atoms with E-state index in [0.717, 1.165) is 18.5 Å². The summed E-state index contributed by atoms with van der Waals surface area (Å²) in [5.41, 5.74) is 6.29. The van der Waals surface area contributed by atoms with Crippen LogP contribution in [0.3, 0.4) is 0 Å². The van der Waals surface area contributed by atoms with E-state index in [-0.39, 0.29) is 6.04 Å². The van der Waals surface area contributed by atoms with Crippen molar-refractivity contribution in [1.82, 2.24) is 9.27 Å². The summed E-state index contributed by atoms with van der Waals surface area (Å²) in [5, 5.41) is 12.7. The fourth-order valence-corrected chi connectivity index (χ4v) is 3.95. The Morgan fingerprint density at radius 1 is 1.53 bits per heavy atom. The van der Waals surface area contributed by atoms with E-state index in [4.69, 9.17) is 5.73 Å². The molecule has 2 fully saturated rings. The first-order valence-electron chi connectivity index (χ1n) is 6.20. The molecule has 0 aliphatic carbocycles. The number of aliphatic hydroxyl groups is 1. The predicted molar refractivity (Wildman–Crippen MR) is 67.8 cm³/mol. The number of fused-ring (bicyclic) bond motifs is 2. The highest BCUT2D eigenvalue weighted by Gasteiger charge is 2.49. The predicted octanol–water partition coefficient (Wildman–Crippen LogP) is 1.13. The van der Waals surface area contributed by atoms with Gasteiger partial charge in [0.15, 0.2) is 0 Å². The van der Waals surface area contributed by atoms with Crippen LogP contribution >= 0.6 is 11.5 Å². The number of hydrogen-bond donors (Lipinski definition) is 2. The highest BCUT2D eigenvalue weighted by atomic mass is 32.1. The normalized spacial score (nSPS) is 39.5. The summed E-state index contributed by atoms with van der Waals surface area (Å²) in [6, 6.07) is 2.56. The van der Waals surface area contributed by atoms with Crippen molar-refractivity contribution >= 4 is 11.5 Å². The Morgan fingerprint density at radius 2 is 2.18 bits per heavy atom. The van der Waals surface area contributed by atoms with Crippen LogP contribution in [0, 0.1) is 0 Å². The first kappa shape index (κ1) is 11.6. The topological polar surface area (TPSA) is 62.4 Å². The van der Waals surface area contributed by atoms with Gasteiger partial charge < -0.3 is 15.7 Å². The molecule has 2 saturated heterocycles. The fraction of sp³-hybridized carbons (Fsp3) is 0.750. The molecule has 3 N–H and O–H groups in total. The largest absolute Gasteiger partial charge is 0.388 e. The molecule has 0 radical (unpaired) electrons. The van der Waals surface area contributed by atoms with Crippen molar-refractivity contribution in [3.8, 4) is 0 Å². The summed E-state index contributed by atoms with van der Waals surface area (Å²) < 4.78 is 4.27. The van der Waals surface area contributed by atoms with Gasteiger partial charge in [-0.3, -0.25) is 0 Å². The van der Waals surface area contributed by atoms with Crippen LogP contribution in [0.25, 0.3) is 0 Å². The van der Waals surface area contributed by atoms with Crippen LogP contribution in [-0.4, -0.2) is 39.1 Å². The lowest BCUT2D eigenvalue weighted by Crippen LogP contribution is -2.54. The molecule has 2 aliphatic rings. The third-order valence-corrected chi connectivity index (χ3v) is 5.09. The second-order valence-corrected chi connectivity index (χ2v) is 6.13. The molecule has 0 aromatic carbocycles. The molecule has 4 nitrogen and oxygen atoms in total. The number of nitrogens with two attached hydrogens (primary N) is 1. The maximum absolute atomic E-state index is 10.8. The minimum Gasteiger partial charge on any atom is -0.388 e. The van der Waals surface area contributed by atoms with Crippen LogP contribution < -0.4 is 5.73 Å². The second kappa shape index (κ2) is 4.02. The molecule has 3 unspecified atom stereocenters. The summed E-state index contributed by atoms with van der Waals surface area (Å²) in [4.78, 5) is 2.40. The van der Waals surface area contributed by atoms with Gasteiger partial charge in [-0.05, 0) is 50.3 Å². The lowest BCUT2D eigenvalue weighted by Gasteiger charge is -2.44. The summed E-state index contributed by atoms with van der Waals surface area (Å²) in [6.45, 7) is 0. The third-order valence-electron chi connectivity index (χ3n) is 4.52. The molecular formula is C12H19N3OS. The van der Waals surface area contributed by atoms with Crippen molar-refractivity contribution in [2.24, 2.45) is 5.73 Å². The number of rotatable bonds is 2. The maximum atomic E-state index is 10.8. The summed E-state index contributed by atoms with van der Waals surface area (Å²) in [7, 11) is 2.16. The Bertz CT molecular complexity index is 380. The van der Waals surface area contributed by atoms with Gasteiger partial charge in [0, 0.05) is 17.5 Å². The van der Waals surface area contributed by atoms with Gasteiger partial charge in [0.05, 0.1) is 17.3 Å². The van der Waals surface area contributed by atoms with Crippen LogP contribution in [0.4, 0.5) is 0 Å². The standard InChI is InChI=1S/C12H19N3OS/c1-15-8-2-3-9(15)7-12(16,6-8)11(13)10-4-5-17-14-10/h4-5,8-9,11,16H,2-3,6-7,13H2,1H3. The van der Waals surface area contributed by atoms with Gasteiger partial charge in [-0.2, -0.15) is 4.37 Å². The van der Waals surface area contributed by atoms with Crippen LogP contribution in [0.5, 0.6) is 0 Å². The maximum Gasteiger partial charge on any atom is 0.0885 e. The third kappa shape index (κ3) is 1.81. The number of aromatic nitrogens is 1. The van der Waals surface area contributed by atoms with Crippen LogP contribution in [0.2, 0.25) is 0 Å². The highest BCUT2D eigenvalue weighted by molar-refractivity contribution is 7.03. The zero-order valence-corrected chi connectivity index (χ0v) is 10.9. The first-order valence-corrected chi connectivity index (χ1v) is 7.04. The minimum atomic E-state index is -0.771. The molecule has 0 spiro atoms. The van der Waals surface area contributed by atoms with Gasteiger partial charge in [-0.1, -0.05) is 0 Å². The molecule has 1 aromatic rings. The Labute approximate surface area is 106 Å². The van der Waals surface area contributed by atoms with Gasteiger partial charge >= 0.3 is 0 Å². The van der Waals surface area contributed by atoms with Crippen molar-refractivity contribution in [3.63, 3.8) is 0 Å². The minimum absolute atomic E-state index is 0.342. The van der Waals surface area contributed by atoms with Gasteiger partial charge in [0.1, 0.15) is 0 Å². The first-order chi connectivity index (χ1) is 8.10. The highest BCUT2D eigenvalue weighted by Crippen LogP contribution is 2.44. The Hall–Kier alpha value is -0.490. The molecule has 2 aliphatic heterocycles. The number of hydrogen-bond acceptors (Lipinski definition) is 5. The summed E-state index contributed by atoms with van der Waals surface area (Å²) in [6.07, 6.45) is 3.93.